The Balaban J connectivity index is 1.72. The van der Waals surface area contributed by atoms with E-state index in [0.29, 0.717) is 36.2 Å². The summed E-state index contributed by atoms with van der Waals surface area (Å²) in [6, 6.07) is 7.76. The summed E-state index contributed by atoms with van der Waals surface area (Å²) in [4.78, 5) is 4.14. The number of piperidine rings is 1. The fourth-order valence-electron chi connectivity index (χ4n) is 3.08. The van der Waals surface area contributed by atoms with Gasteiger partial charge in [0.25, 0.3) is 0 Å². The number of methoxy groups -OCH3 is 1. The predicted molar refractivity (Wildman–Crippen MR) is 105 cm³/mol. The summed E-state index contributed by atoms with van der Waals surface area (Å²) in [7, 11) is -1.98. The maximum Gasteiger partial charge on any atom is 0.511 e. The van der Waals surface area contributed by atoms with Crippen molar-refractivity contribution in [2.75, 3.05) is 40.3 Å². The van der Waals surface area contributed by atoms with Gasteiger partial charge in [-0.2, -0.15) is 17.5 Å². The number of hydrogen-bond donors (Lipinski definition) is 2. The summed E-state index contributed by atoms with van der Waals surface area (Å²) < 4.78 is 66.4. The van der Waals surface area contributed by atoms with Gasteiger partial charge in [0, 0.05) is 33.2 Å². The molecule has 0 bridgehead atoms. The van der Waals surface area contributed by atoms with Crippen LogP contribution in [-0.2, 0) is 16.4 Å². The van der Waals surface area contributed by atoms with E-state index < -0.39 is 15.5 Å². The maximum absolute atomic E-state index is 12.6. The zero-order valence-corrected chi connectivity index (χ0v) is 17.3. The molecule has 0 saturated carbocycles. The van der Waals surface area contributed by atoms with Gasteiger partial charge in [-0.15, -0.1) is 0 Å². The molecule has 1 aromatic rings. The van der Waals surface area contributed by atoms with Crippen molar-refractivity contribution in [3.8, 4) is 5.75 Å². The lowest BCUT2D eigenvalue weighted by Crippen LogP contribution is -2.47. The number of alkyl halides is 3. The Morgan fingerprint density at radius 1 is 1.21 bits per heavy atom. The van der Waals surface area contributed by atoms with Gasteiger partial charge < -0.3 is 15.4 Å². The van der Waals surface area contributed by atoms with E-state index in [-0.39, 0.29) is 19.0 Å². The Hall–Kier alpha value is -2.01. The van der Waals surface area contributed by atoms with Crippen molar-refractivity contribution in [3.05, 3.63) is 29.8 Å². The van der Waals surface area contributed by atoms with Crippen molar-refractivity contribution in [1.82, 2.24) is 14.9 Å². The Morgan fingerprint density at radius 2 is 1.83 bits per heavy atom. The molecular formula is C18H27F3N4O3S. The van der Waals surface area contributed by atoms with Crippen molar-refractivity contribution in [1.29, 1.82) is 0 Å². The second-order valence-corrected chi connectivity index (χ2v) is 8.70. The Morgan fingerprint density at radius 3 is 2.34 bits per heavy atom. The molecule has 7 nitrogen and oxygen atoms in total. The number of nitrogens with one attached hydrogen (secondary N) is 2. The molecule has 1 heterocycles. The van der Waals surface area contributed by atoms with Crippen LogP contribution in [0.1, 0.15) is 18.4 Å². The lowest BCUT2D eigenvalue weighted by molar-refractivity contribution is -0.0496. The molecule has 11 heteroatoms. The van der Waals surface area contributed by atoms with Crippen LogP contribution in [0.5, 0.6) is 5.75 Å². The lowest BCUT2D eigenvalue weighted by Gasteiger charge is -2.31. The van der Waals surface area contributed by atoms with Crippen molar-refractivity contribution in [2.24, 2.45) is 10.9 Å². The monoisotopic (exact) mass is 436 g/mol. The van der Waals surface area contributed by atoms with Crippen LogP contribution in [0.3, 0.4) is 0 Å². The highest BCUT2D eigenvalue weighted by atomic mass is 32.2. The van der Waals surface area contributed by atoms with Crippen LogP contribution in [0.4, 0.5) is 13.2 Å². The minimum absolute atomic E-state index is 0.0785. The number of benzene rings is 1. The average Bonchev–Trinajstić information content (AvgIpc) is 2.70. The first-order valence-electron chi connectivity index (χ1n) is 9.31. The summed E-state index contributed by atoms with van der Waals surface area (Å²) >= 11 is 0. The molecule has 2 rings (SSSR count). The molecule has 1 aliphatic rings. The van der Waals surface area contributed by atoms with Crippen molar-refractivity contribution >= 4 is 16.0 Å². The van der Waals surface area contributed by atoms with Crippen molar-refractivity contribution in [3.63, 3.8) is 0 Å². The van der Waals surface area contributed by atoms with E-state index in [1.807, 2.05) is 24.3 Å². The SMILES string of the molecule is CN=C(NCCc1ccc(OC)cc1)NCC1CCN(S(=O)(=O)C(F)(F)F)CC1. The van der Waals surface area contributed by atoms with Gasteiger partial charge in [0.05, 0.1) is 7.11 Å². The standard InChI is InChI=1S/C18H27F3N4O3S/c1-22-17(23-10-7-14-3-5-16(28-2)6-4-14)24-13-15-8-11-25(12-9-15)29(26,27)18(19,20)21/h3-6,15H,7-13H2,1-2H3,(H2,22,23,24). The van der Waals surface area contributed by atoms with Crippen LogP contribution in [0.25, 0.3) is 0 Å². The van der Waals surface area contributed by atoms with E-state index >= 15 is 0 Å². The Bertz CT molecular complexity index is 775. The average molecular weight is 437 g/mol. The van der Waals surface area contributed by atoms with E-state index in [2.05, 4.69) is 15.6 Å². The number of sulfonamides is 1. The highest BCUT2D eigenvalue weighted by Gasteiger charge is 2.50. The topological polar surface area (TPSA) is 83.0 Å². The molecule has 0 spiro atoms. The first-order valence-corrected chi connectivity index (χ1v) is 10.7. The quantitative estimate of drug-likeness (QED) is 0.505. The summed E-state index contributed by atoms with van der Waals surface area (Å²) in [5.74, 6) is 1.48. The molecule has 29 heavy (non-hydrogen) atoms. The Labute approximate surface area is 169 Å². The third kappa shape index (κ3) is 6.49. The molecule has 164 valence electrons. The molecule has 0 aliphatic carbocycles. The van der Waals surface area contributed by atoms with E-state index in [0.717, 1.165) is 17.7 Å². The summed E-state index contributed by atoms with van der Waals surface area (Å²) in [5.41, 5.74) is -4.10. The number of halogens is 3. The summed E-state index contributed by atoms with van der Waals surface area (Å²) in [6.07, 6.45) is 1.52. The highest BCUT2D eigenvalue weighted by Crippen LogP contribution is 2.30. The third-order valence-corrected chi connectivity index (χ3v) is 6.48. The molecule has 0 unspecified atom stereocenters. The highest BCUT2D eigenvalue weighted by molar-refractivity contribution is 7.90. The first kappa shape index (κ1) is 23.3. The molecule has 0 amide bonds. The van der Waals surface area contributed by atoms with Gasteiger partial charge in [-0.3, -0.25) is 4.99 Å². The zero-order valence-electron chi connectivity index (χ0n) is 16.5. The van der Waals surface area contributed by atoms with E-state index in [1.165, 1.54) is 0 Å². The normalized spacial score (nSPS) is 17.2. The molecule has 1 aromatic carbocycles. The molecule has 0 aromatic heterocycles. The number of aliphatic imine (C=N–C) groups is 1. The van der Waals surface area contributed by atoms with Crippen molar-refractivity contribution in [2.45, 2.75) is 24.8 Å². The predicted octanol–water partition coefficient (Wildman–Crippen LogP) is 1.96. The number of hydrogen-bond acceptors (Lipinski definition) is 4. The fourth-order valence-corrected chi connectivity index (χ4v) is 4.06. The first-order chi connectivity index (χ1) is 13.7. The molecule has 1 saturated heterocycles. The largest absolute Gasteiger partial charge is 0.511 e. The minimum atomic E-state index is -5.24. The Kier molecular flexibility index (Phi) is 8.14. The van der Waals surface area contributed by atoms with Crippen LogP contribution in [0.2, 0.25) is 0 Å². The van der Waals surface area contributed by atoms with E-state index in [1.54, 1.807) is 14.2 Å². The molecule has 2 N–H and O–H groups in total. The van der Waals surface area contributed by atoms with Crippen molar-refractivity contribution < 1.29 is 26.3 Å². The van der Waals surface area contributed by atoms with E-state index in [9.17, 15) is 21.6 Å². The van der Waals surface area contributed by atoms with Crippen LogP contribution in [0.15, 0.2) is 29.3 Å². The van der Waals surface area contributed by atoms with Gasteiger partial charge >= 0.3 is 15.5 Å². The van der Waals surface area contributed by atoms with Gasteiger partial charge in [-0.1, -0.05) is 12.1 Å². The zero-order chi connectivity index (χ0) is 21.5. The second-order valence-electron chi connectivity index (χ2n) is 6.77. The van der Waals surface area contributed by atoms with Gasteiger partial charge in [0.15, 0.2) is 5.96 Å². The number of rotatable bonds is 7. The van der Waals surface area contributed by atoms with Crippen LogP contribution < -0.4 is 15.4 Å². The minimum Gasteiger partial charge on any atom is -0.497 e. The maximum atomic E-state index is 12.6. The number of guanidine groups is 1. The fraction of sp³-hybridized carbons (Fsp3) is 0.611. The van der Waals surface area contributed by atoms with Gasteiger partial charge in [0.2, 0.25) is 0 Å². The third-order valence-electron chi connectivity index (χ3n) is 4.85. The van der Waals surface area contributed by atoms with Gasteiger partial charge in [-0.05, 0) is 42.9 Å². The second kappa shape index (κ2) is 10.1. The van der Waals surface area contributed by atoms with Gasteiger partial charge in [-0.25, -0.2) is 8.42 Å². The molecule has 0 atom stereocenters. The molecule has 1 fully saturated rings. The van der Waals surface area contributed by atoms with E-state index in [4.69, 9.17) is 4.74 Å². The van der Waals surface area contributed by atoms with Gasteiger partial charge in [0.1, 0.15) is 5.75 Å². The molecular weight excluding hydrogens is 409 g/mol. The summed E-state index contributed by atoms with van der Waals surface area (Å²) in [6.45, 7) is 0.922. The van der Waals surface area contributed by atoms with Crippen LogP contribution >= 0.6 is 0 Å². The smallest absolute Gasteiger partial charge is 0.497 e. The number of nitrogens with zero attached hydrogens (tertiary/aromatic N) is 2. The number of ether oxygens (including phenoxy) is 1. The summed E-state index contributed by atoms with van der Waals surface area (Å²) in [5, 5.41) is 6.35. The molecule has 0 radical (unpaired) electrons. The van der Waals surface area contributed by atoms with Crippen LogP contribution in [-0.4, -0.2) is 64.5 Å². The van der Waals surface area contributed by atoms with Crippen LogP contribution in [0, 0.1) is 5.92 Å². The molecule has 1 aliphatic heterocycles. The lowest BCUT2D eigenvalue weighted by atomic mass is 9.98.